The van der Waals surface area contributed by atoms with Gasteiger partial charge in [0.25, 0.3) is 0 Å². The molecule has 0 rings (SSSR count). The molecular formula is C27H53NO4. The van der Waals surface area contributed by atoms with Crippen molar-refractivity contribution in [1.29, 1.82) is 0 Å². The number of aliphatic carboxylic acids is 2. The molecule has 5 heteroatoms. The molecule has 0 aromatic rings. The Kier molecular flexibility index (Phi) is 23.7. The Hall–Kier alpha value is -1.10. The maximum absolute atomic E-state index is 11.1. The van der Waals surface area contributed by atoms with Crippen molar-refractivity contribution in [2.45, 2.75) is 154 Å². The summed E-state index contributed by atoms with van der Waals surface area (Å²) in [5.41, 5.74) is 0. The lowest BCUT2D eigenvalue weighted by atomic mass is 10.0. The molecule has 0 aromatic heterocycles. The highest BCUT2D eigenvalue weighted by Gasteiger charge is 2.17. The number of carboxylic acids is 2. The Morgan fingerprint density at radius 3 is 1.25 bits per heavy atom. The number of hydrogen-bond acceptors (Lipinski definition) is 3. The lowest BCUT2D eigenvalue weighted by Crippen LogP contribution is -2.37. The zero-order valence-electron chi connectivity index (χ0n) is 21.1. The van der Waals surface area contributed by atoms with Crippen LogP contribution < -0.4 is 5.32 Å². The largest absolute Gasteiger partial charge is 0.481 e. The van der Waals surface area contributed by atoms with Crippen LogP contribution in [-0.4, -0.2) is 34.7 Å². The number of carboxylic acid groups (broad SMARTS) is 2. The van der Waals surface area contributed by atoms with E-state index in [1.54, 1.807) is 0 Å². The quantitative estimate of drug-likeness (QED) is 0.116. The van der Waals surface area contributed by atoms with Crippen LogP contribution in [0.15, 0.2) is 0 Å². The van der Waals surface area contributed by atoms with Gasteiger partial charge in [0.1, 0.15) is 6.04 Å². The highest BCUT2D eigenvalue weighted by atomic mass is 16.4. The minimum atomic E-state index is -0.959. The maximum atomic E-state index is 11.1. The monoisotopic (exact) mass is 455 g/mol. The average Bonchev–Trinajstić information content (AvgIpc) is 2.76. The fourth-order valence-electron chi connectivity index (χ4n) is 4.24. The van der Waals surface area contributed by atoms with Gasteiger partial charge in [0.05, 0.1) is 0 Å². The molecule has 0 heterocycles. The zero-order chi connectivity index (χ0) is 23.7. The van der Waals surface area contributed by atoms with Crippen LogP contribution in [0.2, 0.25) is 0 Å². The first-order valence-electron chi connectivity index (χ1n) is 13.8. The van der Waals surface area contributed by atoms with Crippen molar-refractivity contribution in [2.75, 3.05) is 6.54 Å². The highest BCUT2D eigenvalue weighted by molar-refractivity contribution is 5.75. The Morgan fingerprint density at radius 2 is 0.938 bits per heavy atom. The molecule has 3 N–H and O–H groups in total. The summed E-state index contributed by atoms with van der Waals surface area (Å²) >= 11 is 0. The van der Waals surface area contributed by atoms with Crippen LogP contribution in [0.5, 0.6) is 0 Å². The second kappa shape index (κ2) is 24.5. The van der Waals surface area contributed by atoms with Gasteiger partial charge < -0.3 is 15.5 Å². The van der Waals surface area contributed by atoms with E-state index in [0.717, 1.165) is 12.8 Å². The molecule has 1 atom stereocenters. The van der Waals surface area contributed by atoms with Crippen molar-refractivity contribution in [3.63, 3.8) is 0 Å². The van der Waals surface area contributed by atoms with E-state index in [1.165, 1.54) is 116 Å². The second-order valence-corrected chi connectivity index (χ2v) is 9.49. The van der Waals surface area contributed by atoms with Crippen molar-refractivity contribution in [3.05, 3.63) is 0 Å². The predicted molar refractivity (Wildman–Crippen MR) is 134 cm³/mol. The van der Waals surface area contributed by atoms with Gasteiger partial charge in [-0.15, -0.1) is 0 Å². The third kappa shape index (κ3) is 23.6. The SMILES string of the molecule is CCCCCCCCCCCCCCCCCCCCCCNC(CCC(=O)O)C(=O)O. The Balaban J connectivity index is 3.23. The van der Waals surface area contributed by atoms with Gasteiger partial charge in [-0.25, -0.2) is 0 Å². The number of nitrogens with one attached hydrogen (secondary N) is 1. The molecule has 0 spiro atoms. The van der Waals surface area contributed by atoms with Crippen molar-refractivity contribution in [2.24, 2.45) is 0 Å². The summed E-state index contributed by atoms with van der Waals surface area (Å²) in [7, 11) is 0. The zero-order valence-corrected chi connectivity index (χ0v) is 21.1. The van der Waals surface area contributed by atoms with Crippen LogP contribution in [-0.2, 0) is 9.59 Å². The molecule has 0 aromatic carbocycles. The van der Waals surface area contributed by atoms with Gasteiger partial charge in [-0.2, -0.15) is 0 Å². The van der Waals surface area contributed by atoms with Gasteiger partial charge in [-0.05, 0) is 19.4 Å². The lowest BCUT2D eigenvalue weighted by molar-refractivity contribution is -0.140. The normalized spacial score (nSPS) is 12.2. The molecule has 0 saturated heterocycles. The Labute approximate surface area is 198 Å². The molecular weight excluding hydrogens is 402 g/mol. The van der Waals surface area contributed by atoms with E-state index in [0.29, 0.717) is 6.54 Å². The van der Waals surface area contributed by atoms with Gasteiger partial charge in [0.2, 0.25) is 0 Å². The second-order valence-electron chi connectivity index (χ2n) is 9.49. The molecule has 0 aliphatic rings. The molecule has 0 aliphatic carbocycles. The van der Waals surface area contributed by atoms with Crippen LogP contribution in [0.1, 0.15) is 148 Å². The van der Waals surface area contributed by atoms with Gasteiger partial charge in [-0.1, -0.05) is 129 Å². The molecule has 0 bridgehead atoms. The molecule has 0 fully saturated rings. The van der Waals surface area contributed by atoms with E-state index in [-0.39, 0.29) is 12.8 Å². The molecule has 0 aliphatic heterocycles. The number of rotatable bonds is 26. The molecule has 190 valence electrons. The average molecular weight is 456 g/mol. The summed E-state index contributed by atoms with van der Waals surface area (Å²) < 4.78 is 0. The van der Waals surface area contributed by atoms with Gasteiger partial charge in [-0.3, -0.25) is 9.59 Å². The van der Waals surface area contributed by atoms with Crippen LogP contribution >= 0.6 is 0 Å². The molecule has 0 saturated carbocycles. The van der Waals surface area contributed by atoms with Crippen molar-refractivity contribution < 1.29 is 19.8 Å². The van der Waals surface area contributed by atoms with Crippen molar-refractivity contribution in [1.82, 2.24) is 5.32 Å². The van der Waals surface area contributed by atoms with Gasteiger partial charge in [0.15, 0.2) is 0 Å². The molecule has 1 unspecified atom stereocenters. The summed E-state index contributed by atoms with van der Waals surface area (Å²) in [6.07, 6.45) is 27.0. The topological polar surface area (TPSA) is 86.6 Å². The minimum Gasteiger partial charge on any atom is -0.481 e. The first kappa shape index (κ1) is 30.9. The summed E-state index contributed by atoms with van der Waals surface area (Å²) in [5.74, 6) is -1.91. The third-order valence-corrected chi connectivity index (χ3v) is 6.37. The molecule has 32 heavy (non-hydrogen) atoms. The van der Waals surface area contributed by atoms with E-state index >= 15 is 0 Å². The fraction of sp³-hybridized carbons (Fsp3) is 0.926. The highest BCUT2D eigenvalue weighted by Crippen LogP contribution is 2.14. The Morgan fingerprint density at radius 1 is 0.594 bits per heavy atom. The van der Waals surface area contributed by atoms with Crippen LogP contribution in [0.25, 0.3) is 0 Å². The van der Waals surface area contributed by atoms with Crippen molar-refractivity contribution >= 4 is 11.9 Å². The number of hydrogen-bond donors (Lipinski definition) is 3. The summed E-state index contributed by atoms with van der Waals surface area (Å²) in [6, 6.07) is -0.744. The van der Waals surface area contributed by atoms with E-state index < -0.39 is 18.0 Å². The first-order valence-corrected chi connectivity index (χ1v) is 13.8. The van der Waals surface area contributed by atoms with E-state index in [2.05, 4.69) is 12.2 Å². The summed E-state index contributed by atoms with van der Waals surface area (Å²) in [4.78, 5) is 21.7. The Bertz CT molecular complexity index is 428. The first-order chi connectivity index (χ1) is 15.6. The predicted octanol–water partition coefficient (Wildman–Crippen LogP) is 7.72. The summed E-state index contributed by atoms with van der Waals surface area (Å²) in [6.45, 7) is 2.93. The number of unbranched alkanes of at least 4 members (excludes halogenated alkanes) is 19. The molecule has 0 radical (unpaired) electrons. The van der Waals surface area contributed by atoms with Crippen LogP contribution in [0, 0.1) is 0 Å². The maximum Gasteiger partial charge on any atom is 0.320 e. The standard InChI is InChI=1S/C27H53NO4/c1-2-3-4-5-6-7-8-9-10-11-12-13-14-15-16-17-18-19-20-21-24-28-25(27(31)32)22-23-26(29)30/h25,28H,2-24H2,1H3,(H,29,30)(H,31,32). The third-order valence-electron chi connectivity index (χ3n) is 6.37. The smallest absolute Gasteiger partial charge is 0.320 e. The van der Waals surface area contributed by atoms with E-state index in [1.807, 2.05) is 0 Å². The van der Waals surface area contributed by atoms with E-state index in [9.17, 15) is 9.59 Å². The van der Waals surface area contributed by atoms with Crippen LogP contribution in [0.3, 0.4) is 0 Å². The number of carbonyl (C=O) groups is 2. The molecule has 0 amide bonds. The summed E-state index contributed by atoms with van der Waals surface area (Å²) in [5, 5.41) is 20.7. The van der Waals surface area contributed by atoms with Crippen LogP contribution in [0.4, 0.5) is 0 Å². The van der Waals surface area contributed by atoms with Gasteiger partial charge >= 0.3 is 11.9 Å². The van der Waals surface area contributed by atoms with Crippen molar-refractivity contribution in [3.8, 4) is 0 Å². The molecule has 5 nitrogen and oxygen atoms in total. The fourth-order valence-corrected chi connectivity index (χ4v) is 4.24. The minimum absolute atomic E-state index is 0.108. The lowest BCUT2D eigenvalue weighted by Gasteiger charge is -2.13. The van der Waals surface area contributed by atoms with E-state index in [4.69, 9.17) is 10.2 Å². The van der Waals surface area contributed by atoms with Gasteiger partial charge in [0, 0.05) is 6.42 Å².